The molecule has 0 spiro atoms. The molecule has 0 aliphatic heterocycles. The van der Waals surface area contributed by atoms with Crippen LogP contribution in [0.5, 0.6) is 0 Å². The van der Waals surface area contributed by atoms with Crippen molar-refractivity contribution < 1.29 is 19.1 Å². The number of halogens is 1. The van der Waals surface area contributed by atoms with Gasteiger partial charge in [-0.3, -0.25) is 9.59 Å². The Kier molecular flexibility index (Phi) is 8.21. The summed E-state index contributed by atoms with van der Waals surface area (Å²) in [6.07, 6.45) is 0.159. The molecular formula is C22H25ClN2O4. The van der Waals surface area contributed by atoms with E-state index < -0.39 is 24.5 Å². The molecule has 0 saturated heterocycles. The van der Waals surface area contributed by atoms with Crippen LogP contribution in [-0.4, -0.2) is 30.4 Å². The molecule has 0 bridgehead atoms. The highest BCUT2D eigenvalue weighted by Gasteiger charge is 2.26. The van der Waals surface area contributed by atoms with Crippen molar-refractivity contribution in [2.45, 2.75) is 33.2 Å². The van der Waals surface area contributed by atoms with Crippen molar-refractivity contribution in [2.24, 2.45) is 5.92 Å². The highest BCUT2D eigenvalue weighted by atomic mass is 35.5. The lowest BCUT2D eigenvalue weighted by Gasteiger charge is -2.21. The number of nitrogens with one attached hydrogen (secondary N) is 2. The molecule has 154 valence electrons. The topological polar surface area (TPSA) is 84.5 Å². The van der Waals surface area contributed by atoms with Crippen LogP contribution in [0.1, 0.15) is 25.0 Å². The van der Waals surface area contributed by atoms with E-state index in [0.717, 1.165) is 11.1 Å². The van der Waals surface area contributed by atoms with Crippen molar-refractivity contribution in [3.05, 3.63) is 64.7 Å². The first-order valence-electron chi connectivity index (χ1n) is 9.32. The maximum Gasteiger partial charge on any atom is 0.329 e. The Hall–Kier alpha value is -2.86. The Balaban J connectivity index is 1.89. The molecule has 0 heterocycles. The van der Waals surface area contributed by atoms with Gasteiger partial charge in [0.1, 0.15) is 6.04 Å². The molecule has 0 radical (unpaired) electrons. The third-order valence-corrected chi connectivity index (χ3v) is 4.74. The van der Waals surface area contributed by atoms with E-state index in [1.165, 1.54) is 0 Å². The molecule has 0 aliphatic rings. The SMILES string of the molecule is Cc1c(Cl)cccc1NC(=O)COC(=O)C(NC(=O)Cc1ccccc1)C(C)C. The van der Waals surface area contributed by atoms with Gasteiger partial charge in [0.25, 0.3) is 5.91 Å². The fourth-order valence-corrected chi connectivity index (χ4v) is 2.83. The molecule has 0 fully saturated rings. The summed E-state index contributed by atoms with van der Waals surface area (Å²) in [7, 11) is 0. The summed E-state index contributed by atoms with van der Waals surface area (Å²) in [4.78, 5) is 36.8. The Bertz CT molecular complexity index is 868. The lowest BCUT2D eigenvalue weighted by Crippen LogP contribution is -2.46. The lowest BCUT2D eigenvalue weighted by molar-refractivity contribution is -0.151. The van der Waals surface area contributed by atoms with Gasteiger partial charge in [-0.15, -0.1) is 0 Å². The zero-order chi connectivity index (χ0) is 21.4. The number of hydrogen-bond donors (Lipinski definition) is 2. The van der Waals surface area contributed by atoms with E-state index in [2.05, 4.69) is 10.6 Å². The molecule has 1 unspecified atom stereocenters. The van der Waals surface area contributed by atoms with E-state index in [0.29, 0.717) is 10.7 Å². The van der Waals surface area contributed by atoms with Crippen molar-refractivity contribution in [3.8, 4) is 0 Å². The van der Waals surface area contributed by atoms with E-state index >= 15 is 0 Å². The normalized spacial score (nSPS) is 11.6. The summed E-state index contributed by atoms with van der Waals surface area (Å²) < 4.78 is 5.12. The van der Waals surface area contributed by atoms with Gasteiger partial charge in [-0.1, -0.05) is 61.8 Å². The van der Waals surface area contributed by atoms with Gasteiger partial charge in [-0.25, -0.2) is 4.79 Å². The molecule has 0 aliphatic carbocycles. The predicted molar refractivity (Wildman–Crippen MR) is 113 cm³/mol. The number of hydrogen-bond acceptors (Lipinski definition) is 4. The van der Waals surface area contributed by atoms with Crippen LogP contribution in [0, 0.1) is 12.8 Å². The van der Waals surface area contributed by atoms with E-state index in [1.807, 2.05) is 30.3 Å². The molecule has 0 saturated carbocycles. The largest absolute Gasteiger partial charge is 0.454 e. The van der Waals surface area contributed by atoms with Gasteiger partial charge >= 0.3 is 5.97 Å². The van der Waals surface area contributed by atoms with Gasteiger partial charge in [-0.2, -0.15) is 0 Å². The number of rotatable bonds is 8. The van der Waals surface area contributed by atoms with Crippen LogP contribution in [0.3, 0.4) is 0 Å². The fourth-order valence-electron chi connectivity index (χ4n) is 2.66. The molecule has 7 heteroatoms. The molecule has 2 aromatic rings. The quantitative estimate of drug-likeness (QED) is 0.645. The summed E-state index contributed by atoms with van der Waals surface area (Å²) in [5, 5.41) is 5.88. The Morgan fingerprint density at radius 3 is 2.34 bits per heavy atom. The Morgan fingerprint density at radius 1 is 1.00 bits per heavy atom. The second-order valence-electron chi connectivity index (χ2n) is 7.02. The summed E-state index contributed by atoms with van der Waals surface area (Å²) in [6.45, 7) is 4.91. The number of carbonyl (C=O) groups is 3. The fraction of sp³-hybridized carbons (Fsp3) is 0.318. The van der Waals surface area contributed by atoms with Crippen LogP contribution >= 0.6 is 11.6 Å². The summed E-state index contributed by atoms with van der Waals surface area (Å²) in [5.41, 5.74) is 2.12. The first-order valence-corrected chi connectivity index (χ1v) is 9.70. The van der Waals surface area contributed by atoms with E-state index in [9.17, 15) is 14.4 Å². The first kappa shape index (κ1) is 22.4. The summed E-state index contributed by atoms with van der Waals surface area (Å²) in [6, 6.07) is 13.5. The molecule has 29 heavy (non-hydrogen) atoms. The molecule has 0 aromatic heterocycles. The molecular weight excluding hydrogens is 392 g/mol. The highest BCUT2D eigenvalue weighted by Crippen LogP contribution is 2.22. The Morgan fingerprint density at radius 2 is 1.69 bits per heavy atom. The minimum Gasteiger partial charge on any atom is -0.454 e. The lowest BCUT2D eigenvalue weighted by atomic mass is 10.0. The van der Waals surface area contributed by atoms with Crippen LogP contribution in [-0.2, 0) is 25.5 Å². The summed E-state index contributed by atoms with van der Waals surface area (Å²) >= 11 is 6.03. The highest BCUT2D eigenvalue weighted by molar-refractivity contribution is 6.31. The zero-order valence-corrected chi connectivity index (χ0v) is 17.5. The average molecular weight is 417 g/mol. The number of carbonyl (C=O) groups excluding carboxylic acids is 3. The van der Waals surface area contributed by atoms with Crippen LogP contribution in [0.2, 0.25) is 5.02 Å². The molecule has 1 atom stereocenters. The second-order valence-corrected chi connectivity index (χ2v) is 7.43. The maximum absolute atomic E-state index is 12.4. The average Bonchev–Trinajstić information content (AvgIpc) is 2.68. The number of ether oxygens (including phenoxy) is 1. The van der Waals surface area contributed by atoms with E-state index in [1.54, 1.807) is 39.0 Å². The zero-order valence-electron chi connectivity index (χ0n) is 16.7. The Labute approximate surface area is 175 Å². The summed E-state index contributed by atoms with van der Waals surface area (Å²) in [5.74, 6) is -1.62. The predicted octanol–water partition coefficient (Wildman–Crippen LogP) is 3.51. The van der Waals surface area contributed by atoms with Crippen LogP contribution in [0.15, 0.2) is 48.5 Å². The minimum atomic E-state index is -0.841. The smallest absolute Gasteiger partial charge is 0.329 e. The third-order valence-electron chi connectivity index (χ3n) is 4.33. The third kappa shape index (κ3) is 6.91. The van der Waals surface area contributed by atoms with E-state index in [-0.39, 0.29) is 18.2 Å². The molecule has 2 rings (SSSR count). The molecule has 2 N–H and O–H groups in total. The van der Waals surface area contributed by atoms with Crippen molar-refractivity contribution in [2.75, 3.05) is 11.9 Å². The number of anilines is 1. The second kappa shape index (κ2) is 10.6. The maximum atomic E-state index is 12.4. The van der Waals surface area contributed by atoms with Gasteiger partial charge < -0.3 is 15.4 Å². The van der Waals surface area contributed by atoms with Crippen molar-refractivity contribution in [3.63, 3.8) is 0 Å². The first-order chi connectivity index (χ1) is 13.8. The van der Waals surface area contributed by atoms with Gasteiger partial charge in [0, 0.05) is 10.7 Å². The standard InChI is InChI=1S/C22H25ClN2O4/c1-14(2)21(25-19(26)12-16-8-5-4-6-9-16)22(28)29-13-20(27)24-18-11-7-10-17(23)15(18)3/h4-11,14,21H,12-13H2,1-3H3,(H,24,27)(H,25,26). The molecule has 6 nitrogen and oxygen atoms in total. The van der Waals surface area contributed by atoms with Crippen LogP contribution in [0.25, 0.3) is 0 Å². The van der Waals surface area contributed by atoms with Gasteiger partial charge in [-0.05, 0) is 36.1 Å². The van der Waals surface area contributed by atoms with Gasteiger partial charge in [0.2, 0.25) is 5.91 Å². The van der Waals surface area contributed by atoms with Gasteiger partial charge in [0.05, 0.1) is 6.42 Å². The van der Waals surface area contributed by atoms with Gasteiger partial charge in [0.15, 0.2) is 6.61 Å². The van der Waals surface area contributed by atoms with E-state index in [4.69, 9.17) is 16.3 Å². The van der Waals surface area contributed by atoms with Crippen LogP contribution < -0.4 is 10.6 Å². The van der Waals surface area contributed by atoms with Crippen LogP contribution in [0.4, 0.5) is 5.69 Å². The van der Waals surface area contributed by atoms with Crippen molar-refractivity contribution >= 4 is 35.1 Å². The number of benzene rings is 2. The number of amides is 2. The molecule has 2 amide bonds. The van der Waals surface area contributed by atoms with Crippen molar-refractivity contribution in [1.29, 1.82) is 0 Å². The van der Waals surface area contributed by atoms with Crippen molar-refractivity contribution in [1.82, 2.24) is 5.32 Å². The molecule has 2 aromatic carbocycles. The number of esters is 1. The monoisotopic (exact) mass is 416 g/mol. The minimum absolute atomic E-state index is 0.159.